The van der Waals surface area contributed by atoms with Crippen LogP contribution in [0.4, 0.5) is 11.4 Å². The maximum atomic E-state index is 12.4. The molecule has 4 N–H and O–H groups in total. The van der Waals surface area contributed by atoms with Gasteiger partial charge in [-0.3, -0.25) is 4.79 Å². The number of hydrogen-bond acceptors (Lipinski definition) is 3. The second-order valence-corrected chi connectivity index (χ2v) is 5.09. The summed E-state index contributed by atoms with van der Waals surface area (Å²) >= 11 is 0. The first-order valence-electron chi connectivity index (χ1n) is 6.98. The van der Waals surface area contributed by atoms with Crippen LogP contribution < -0.4 is 11.1 Å². The fourth-order valence-corrected chi connectivity index (χ4v) is 2.43. The molecule has 0 bridgehead atoms. The Kier molecular flexibility index (Phi) is 3.68. The summed E-state index contributed by atoms with van der Waals surface area (Å²) in [5.41, 5.74) is 6.71. The molecule has 1 amide bonds. The molecule has 3 aromatic rings. The van der Waals surface area contributed by atoms with E-state index in [-0.39, 0.29) is 17.2 Å². The van der Waals surface area contributed by atoms with Gasteiger partial charge in [0.1, 0.15) is 0 Å². The molecule has 5 heteroatoms. The number of rotatable bonds is 3. The highest BCUT2D eigenvalue weighted by molar-refractivity contribution is 6.10. The van der Waals surface area contributed by atoms with E-state index < -0.39 is 5.97 Å². The molecule has 0 atom stereocenters. The third-order valence-electron chi connectivity index (χ3n) is 3.58. The molecule has 114 valence electrons. The van der Waals surface area contributed by atoms with Gasteiger partial charge in [0.15, 0.2) is 0 Å². The van der Waals surface area contributed by atoms with Crippen molar-refractivity contribution in [3.63, 3.8) is 0 Å². The Morgan fingerprint density at radius 3 is 2.43 bits per heavy atom. The summed E-state index contributed by atoms with van der Waals surface area (Å²) in [5, 5.41) is 13.8. The number of nitrogens with two attached hydrogens (primary N) is 1. The van der Waals surface area contributed by atoms with Crippen molar-refractivity contribution in [2.45, 2.75) is 0 Å². The second kappa shape index (κ2) is 5.81. The first-order valence-corrected chi connectivity index (χ1v) is 6.98. The average Bonchev–Trinajstić information content (AvgIpc) is 2.54. The summed E-state index contributed by atoms with van der Waals surface area (Å²) in [6, 6.07) is 17.5. The second-order valence-electron chi connectivity index (χ2n) is 5.09. The molecule has 0 saturated carbocycles. The standard InChI is InChI=1S/C18H14N2O3/c19-15-10-12(8-9-14(15)18(22)23)17(21)20-16-7-3-5-11-4-1-2-6-13(11)16/h1-10H,19H2,(H,20,21)(H,22,23). The summed E-state index contributed by atoms with van der Waals surface area (Å²) in [7, 11) is 0. The number of fused-ring (bicyclic) bond motifs is 1. The summed E-state index contributed by atoms with van der Waals surface area (Å²) < 4.78 is 0. The van der Waals surface area contributed by atoms with Crippen molar-refractivity contribution >= 4 is 34.0 Å². The predicted octanol–water partition coefficient (Wildman–Crippen LogP) is 3.37. The van der Waals surface area contributed by atoms with Gasteiger partial charge in [0.05, 0.1) is 5.56 Å². The van der Waals surface area contributed by atoms with Crippen molar-refractivity contribution in [1.29, 1.82) is 0 Å². The van der Waals surface area contributed by atoms with Crippen molar-refractivity contribution in [2.75, 3.05) is 11.1 Å². The van der Waals surface area contributed by atoms with Crippen LogP contribution in [0.25, 0.3) is 10.8 Å². The topological polar surface area (TPSA) is 92.4 Å². The van der Waals surface area contributed by atoms with E-state index in [1.807, 2.05) is 42.5 Å². The number of nitrogen functional groups attached to an aromatic ring is 1. The van der Waals surface area contributed by atoms with Gasteiger partial charge >= 0.3 is 5.97 Å². The number of carbonyl (C=O) groups excluding carboxylic acids is 1. The predicted molar refractivity (Wildman–Crippen MR) is 89.7 cm³/mol. The first kappa shape index (κ1) is 14.6. The number of benzene rings is 3. The Hall–Kier alpha value is -3.34. The number of carbonyl (C=O) groups is 2. The van der Waals surface area contributed by atoms with E-state index in [1.165, 1.54) is 18.2 Å². The van der Waals surface area contributed by atoms with Gasteiger partial charge in [0.2, 0.25) is 0 Å². The number of carboxylic acid groups (broad SMARTS) is 1. The highest BCUT2D eigenvalue weighted by Gasteiger charge is 2.13. The lowest BCUT2D eigenvalue weighted by molar-refractivity contribution is 0.0697. The molecule has 0 spiro atoms. The monoisotopic (exact) mass is 306 g/mol. The maximum absolute atomic E-state index is 12.4. The molecule has 0 heterocycles. The molecule has 3 rings (SSSR count). The fraction of sp³-hybridized carbons (Fsp3) is 0. The molecular weight excluding hydrogens is 292 g/mol. The van der Waals surface area contributed by atoms with E-state index >= 15 is 0 Å². The average molecular weight is 306 g/mol. The minimum Gasteiger partial charge on any atom is -0.478 e. The van der Waals surface area contributed by atoms with Crippen LogP contribution in [-0.4, -0.2) is 17.0 Å². The SMILES string of the molecule is Nc1cc(C(=O)Nc2cccc3ccccc23)ccc1C(=O)O. The van der Waals surface area contributed by atoms with E-state index in [9.17, 15) is 9.59 Å². The summed E-state index contributed by atoms with van der Waals surface area (Å²) in [6.45, 7) is 0. The summed E-state index contributed by atoms with van der Waals surface area (Å²) in [4.78, 5) is 23.3. The molecule has 5 nitrogen and oxygen atoms in total. The number of nitrogens with one attached hydrogen (secondary N) is 1. The normalized spacial score (nSPS) is 10.4. The van der Waals surface area contributed by atoms with Crippen LogP contribution in [0.15, 0.2) is 60.7 Å². The van der Waals surface area contributed by atoms with E-state index in [1.54, 1.807) is 0 Å². The lowest BCUT2D eigenvalue weighted by Gasteiger charge is -2.10. The zero-order valence-electron chi connectivity index (χ0n) is 12.1. The fourth-order valence-electron chi connectivity index (χ4n) is 2.43. The van der Waals surface area contributed by atoms with Crippen LogP contribution in [0.1, 0.15) is 20.7 Å². The van der Waals surface area contributed by atoms with Gasteiger partial charge in [-0.15, -0.1) is 0 Å². The van der Waals surface area contributed by atoms with Crippen molar-refractivity contribution in [2.24, 2.45) is 0 Å². The highest BCUT2D eigenvalue weighted by atomic mass is 16.4. The van der Waals surface area contributed by atoms with Gasteiger partial charge in [-0.05, 0) is 29.7 Å². The van der Waals surface area contributed by atoms with Gasteiger partial charge in [0, 0.05) is 22.3 Å². The van der Waals surface area contributed by atoms with Crippen molar-refractivity contribution in [1.82, 2.24) is 0 Å². The Balaban J connectivity index is 1.92. The molecule has 3 aromatic carbocycles. The van der Waals surface area contributed by atoms with E-state index in [2.05, 4.69) is 5.32 Å². The van der Waals surface area contributed by atoms with E-state index in [4.69, 9.17) is 10.8 Å². The lowest BCUT2D eigenvalue weighted by atomic mass is 10.1. The van der Waals surface area contributed by atoms with E-state index in [0.29, 0.717) is 11.3 Å². The summed E-state index contributed by atoms with van der Waals surface area (Å²) in [5.74, 6) is -1.46. The molecule has 0 unspecified atom stereocenters. The third kappa shape index (κ3) is 2.85. The first-order chi connectivity index (χ1) is 11.1. The van der Waals surface area contributed by atoms with Gasteiger partial charge in [-0.1, -0.05) is 36.4 Å². The molecular formula is C18H14N2O3. The molecule has 0 aromatic heterocycles. The molecule has 0 saturated heterocycles. The van der Waals surface area contributed by atoms with Crippen molar-refractivity contribution in [3.8, 4) is 0 Å². The smallest absolute Gasteiger partial charge is 0.337 e. The van der Waals surface area contributed by atoms with Crippen molar-refractivity contribution < 1.29 is 14.7 Å². The molecule has 0 aliphatic carbocycles. The van der Waals surface area contributed by atoms with Gasteiger partial charge in [-0.25, -0.2) is 4.79 Å². The highest BCUT2D eigenvalue weighted by Crippen LogP contribution is 2.24. The number of aromatic carboxylic acids is 1. The van der Waals surface area contributed by atoms with Crippen LogP contribution >= 0.6 is 0 Å². The lowest BCUT2D eigenvalue weighted by Crippen LogP contribution is -2.13. The van der Waals surface area contributed by atoms with Crippen LogP contribution in [-0.2, 0) is 0 Å². The minimum atomic E-state index is -1.12. The zero-order chi connectivity index (χ0) is 16.4. The number of anilines is 2. The Morgan fingerprint density at radius 2 is 1.70 bits per heavy atom. The molecule has 0 aliphatic heterocycles. The molecule has 23 heavy (non-hydrogen) atoms. The van der Waals surface area contributed by atoms with Crippen LogP contribution in [0.5, 0.6) is 0 Å². The van der Waals surface area contributed by atoms with Crippen LogP contribution in [0, 0.1) is 0 Å². The number of hydrogen-bond donors (Lipinski definition) is 3. The van der Waals surface area contributed by atoms with Crippen molar-refractivity contribution in [3.05, 3.63) is 71.8 Å². The van der Waals surface area contributed by atoms with Crippen LogP contribution in [0.2, 0.25) is 0 Å². The van der Waals surface area contributed by atoms with Crippen LogP contribution in [0.3, 0.4) is 0 Å². The van der Waals surface area contributed by atoms with Gasteiger partial charge < -0.3 is 16.2 Å². The van der Waals surface area contributed by atoms with E-state index in [0.717, 1.165) is 10.8 Å². The Labute approximate surface area is 132 Å². The summed E-state index contributed by atoms with van der Waals surface area (Å²) in [6.07, 6.45) is 0. The number of carboxylic acids is 1. The largest absolute Gasteiger partial charge is 0.478 e. The molecule has 0 aliphatic rings. The van der Waals surface area contributed by atoms with Gasteiger partial charge in [0.25, 0.3) is 5.91 Å². The molecule has 0 fully saturated rings. The maximum Gasteiger partial charge on any atom is 0.337 e. The zero-order valence-corrected chi connectivity index (χ0v) is 12.1. The van der Waals surface area contributed by atoms with Gasteiger partial charge in [-0.2, -0.15) is 0 Å². The minimum absolute atomic E-state index is 0.0216. The molecule has 0 radical (unpaired) electrons. The quantitative estimate of drug-likeness (QED) is 0.647. The number of amides is 1. The Morgan fingerprint density at radius 1 is 0.957 bits per heavy atom. The third-order valence-corrected chi connectivity index (χ3v) is 3.58. The Bertz CT molecular complexity index is 914.